The number of benzene rings is 1. The zero-order valence-electron chi connectivity index (χ0n) is 15.2. The summed E-state index contributed by atoms with van der Waals surface area (Å²) in [6.45, 7) is 1.53. The standard InChI is InChI=1S/C20H19F3N4O/c1-20(23)6-2-3-17(20)26-18-13(19(24)28)9-25-27-10-12(8-16(18)27)11-4-5-14(21)15(22)7-11/h4-5,7-10,17,26H,2-3,6H2,1H3,(H2,24,28)/t17-,20+/m1/s1. The fourth-order valence-corrected chi connectivity index (χ4v) is 3.75. The fraction of sp³-hybridized carbons (Fsp3) is 0.300. The van der Waals surface area contributed by atoms with Crippen LogP contribution in [0.1, 0.15) is 36.5 Å². The van der Waals surface area contributed by atoms with Crippen molar-refractivity contribution in [2.24, 2.45) is 5.73 Å². The van der Waals surface area contributed by atoms with Crippen LogP contribution in [0.4, 0.5) is 18.9 Å². The maximum absolute atomic E-state index is 14.8. The van der Waals surface area contributed by atoms with Gasteiger partial charge in [0, 0.05) is 11.8 Å². The van der Waals surface area contributed by atoms with E-state index in [9.17, 15) is 18.0 Å². The average molecular weight is 388 g/mol. The minimum Gasteiger partial charge on any atom is -0.377 e. The van der Waals surface area contributed by atoms with E-state index < -0.39 is 29.3 Å². The molecular weight excluding hydrogens is 369 g/mol. The first-order valence-electron chi connectivity index (χ1n) is 8.98. The molecule has 1 saturated carbocycles. The van der Waals surface area contributed by atoms with E-state index in [4.69, 9.17) is 5.73 Å². The molecule has 2 atom stereocenters. The molecule has 28 heavy (non-hydrogen) atoms. The minimum absolute atomic E-state index is 0.144. The van der Waals surface area contributed by atoms with Crippen LogP contribution in [0.2, 0.25) is 0 Å². The van der Waals surface area contributed by atoms with Gasteiger partial charge in [-0.2, -0.15) is 5.10 Å². The summed E-state index contributed by atoms with van der Waals surface area (Å²) in [5, 5.41) is 7.31. The van der Waals surface area contributed by atoms with Crippen LogP contribution in [-0.4, -0.2) is 27.2 Å². The highest BCUT2D eigenvalue weighted by molar-refractivity contribution is 6.02. The molecule has 0 unspecified atom stereocenters. The highest BCUT2D eigenvalue weighted by Gasteiger charge is 2.39. The maximum Gasteiger partial charge on any atom is 0.252 e. The van der Waals surface area contributed by atoms with Crippen LogP contribution in [-0.2, 0) is 0 Å². The van der Waals surface area contributed by atoms with Gasteiger partial charge in [-0.3, -0.25) is 4.79 Å². The molecule has 1 aromatic carbocycles. The number of carbonyl (C=O) groups is 1. The summed E-state index contributed by atoms with van der Waals surface area (Å²) in [7, 11) is 0. The number of alkyl halides is 1. The van der Waals surface area contributed by atoms with Gasteiger partial charge >= 0.3 is 0 Å². The van der Waals surface area contributed by atoms with Crippen molar-refractivity contribution in [2.45, 2.75) is 37.9 Å². The van der Waals surface area contributed by atoms with Gasteiger partial charge < -0.3 is 11.1 Å². The van der Waals surface area contributed by atoms with E-state index in [0.717, 1.165) is 18.6 Å². The quantitative estimate of drug-likeness (QED) is 0.708. The van der Waals surface area contributed by atoms with Crippen molar-refractivity contribution in [3.63, 3.8) is 0 Å². The van der Waals surface area contributed by atoms with Crippen LogP contribution >= 0.6 is 0 Å². The first-order valence-corrected chi connectivity index (χ1v) is 8.98. The number of fused-ring (bicyclic) bond motifs is 1. The molecular formula is C20H19F3N4O. The van der Waals surface area contributed by atoms with E-state index >= 15 is 0 Å². The summed E-state index contributed by atoms with van der Waals surface area (Å²) in [4.78, 5) is 11.9. The summed E-state index contributed by atoms with van der Waals surface area (Å²) in [6.07, 6.45) is 4.73. The van der Waals surface area contributed by atoms with Gasteiger partial charge in [-0.05, 0) is 49.9 Å². The van der Waals surface area contributed by atoms with Gasteiger partial charge in [0.25, 0.3) is 5.91 Å². The number of nitrogens with one attached hydrogen (secondary N) is 1. The third kappa shape index (κ3) is 3.08. The zero-order valence-corrected chi connectivity index (χ0v) is 15.2. The molecule has 0 radical (unpaired) electrons. The number of carbonyl (C=O) groups excluding carboxylic acids is 1. The number of aromatic nitrogens is 2. The van der Waals surface area contributed by atoms with Gasteiger partial charge in [0.1, 0.15) is 5.67 Å². The third-order valence-electron chi connectivity index (χ3n) is 5.36. The number of nitrogens with zero attached hydrogens (tertiary/aromatic N) is 2. The number of amides is 1. The molecule has 5 nitrogen and oxygen atoms in total. The second kappa shape index (κ2) is 6.54. The smallest absolute Gasteiger partial charge is 0.252 e. The summed E-state index contributed by atoms with van der Waals surface area (Å²) in [5.74, 6) is -2.59. The molecule has 8 heteroatoms. The monoisotopic (exact) mass is 388 g/mol. The van der Waals surface area contributed by atoms with E-state index in [-0.39, 0.29) is 5.56 Å². The highest BCUT2D eigenvalue weighted by Crippen LogP contribution is 2.37. The molecule has 2 heterocycles. The number of primary amides is 1. The zero-order chi connectivity index (χ0) is 20.1. The number of rotatable bonds is 4. The topological polar surface area (TPSA) is 72.4 Å². The lowest BCUT2D eigenvalue weighted by molar-refractivity contribution is 0.1000. The van der Waals surface area contributed by atoms with Crippen LogP contribution in [0.15, 0.2) is 36.7 Å². The number of hydrogen-bond donors (Lipinski definition) is 2. The molecule has 2 aromatic heterocycles. The molecule has 0 saturated heterocycles. The van der Waals surface area contributed by atoms with Crippen molar-refractivity contribution in [3.05, 3.63) is 53.9 Å². The van der Waals surface area contributed by atoms with Crippen molar-refractivity contribution in [1.82, 2.24) is 9.61 Å². The Balaban J connectivity index is 1.83. The Labute approximate surface area is 159 Å². The minimum atomic E-state index is -1.41. The van der Waals surface area contributed by atoms with Crippen molar-refractivity contribution < 1.29 is 18.0 Å². The number of nitrogens with two attached hydrogens (primary N) is 1. The third-order valence-corrected chi connectivity index (χ3v) is 5.36. The van der Waals surface area contributed by atoms with Crippen LogP contribution in [0, 0.1) is 11.6 Å². The first-order chi connectivity index (χ1) is 13.3. The molecule has 0 spiro atoms. The molecule has 4 rings (SSSR count). The summed E-state index contributed by atoms with van der Waals surface area (Å²) >= 11 is 0. The maximum atomic E-state index is 14.8. The van der Waals surface area contributed by atoms with E-state index in [2.05, 4.69) is 10.4 Å². The van der Waals surface area contributed by atoms with Gasteiger partial charge in [-0.15, -0.1) is 0 Å². The number of anilines is 1. The second-order valence-electron chi connectivity index (χ2n) is 7.35. The Hall–Kier alpha value is -3.03. The molecule has 3 N–H and O–H groups in total. The Morgan fingerprint density at radius 1 is 1.29 bits per heavy atom. The van der Waals surface area contributed by atoms with Crippen LogP contribution in [0.25, 0.3) is 16.6 Å². The molecule has 1 amide bonds. The predicted molar refractivity (Wildman–Crippen MR) is 99.8 cm³/mol. The van der Waals surface area contributed by atoms with Crippen molar-refractivity contribution in [1.29, 1.82) is 0 Å². The molecule has 146 valence electrons. The predicted octanol–water partition coefficient (Wildman–Crippen LogP) is 4.07. The Bertz CT molecular complexity index is 1080. The Morgan fingerprint density at radius 3 is 2.71 bits per heavy atom. The molecule has 1 aliphatic carbocycles. The van der Waals surface area contributed by atoms with Gasteiger partial charge in [0.2, 0.25) is 0 Å². The molecule has 1 fully saturated rings. The summed E-state index contributed by atoms with van der Waals surface area (Å²) in [5.41, 5.74) is 6.13. The van der Waals surface area contributed by atoms with Crippen molar-refractivity contribution >= 4 is 17.1 Å². The first kappa shape index (κ1) is 18.3. The highest BCUT2D eigenvalue weighted by atomic mass is 19.2. The van der Waals surface area contributed by atoms with Crippen LogP contribution in [0.3, 0.4) is 0 Å². The lowest BCUT2D eigenvalue weighted by Crippen LogP contribution is -2.36. The van der Waals surface area contributed by atoms with Crippen LogP contribution in [0.5, 0.6) is 0 Å². The normalized spacial score (nSPS) is 21.9. The Kier molecular flexibility index (Phi) is 4.28. The SMILES string of the molecule is C[C@]1(F)CCC[C@H]1Nc1c(C(N)=O)cnn2cc(-c3ccc(F)c(F)c3)cc12. The lowest BCUT2D eigenvalue weighted by Gasteiger charge is -2.26. The second-order valence-corrected chi connectivity index (χ2v) is 7.35. The van der Waals surface area contributed by atoms with E-state index in [0.29, 0.717) is 35.2 Å². The van der Waals surface area contributed by atoms with Gasteiger partial charge in [-0.25, -0.2) is 17.7 Å². The molecule has 0 bridgehead atoms. The number of hydrogen-bond acceptors (Lipinski definition) is 3. The van der Waals surface area contributed by atoms with E-state index in [1.807, 2.05) is 0 Å². The van der Waals surface area contributed by atoms with E-state index in [1.165, 1.54) is 23.7 Å². The van der Waals surface area contributed by atoms with Crippen molar-refractivity contribution in [3.8, 4) is 11.1 Å². The summed E-state index contributed by atoms with van der Waals surface area (Å²) in [6, 6.07) is 4.78. The summed E-state index contributed by atoms with van der Waals surface area (Å²) < 4.78 is 43.1. The Morgan fingerprint density at radius 2 is 2.07 bits per heavy atom. The van der Waals surface area contributed by atoms with Gasteiger partial charge in [-0.1, -0.05) is 6.07 Å². The van der Waals surface area contributed by atoms with Crippen LogP contribution < -0.4 is 11.1 Å². The fourth-order valence-electron chi connectivity index (χ4n) is 3.75. The molecule has 1 aliphatic rings. The molecule has 0 aliphatic heterocycles. The largest absolute Gasteiger partial charge is 0.377 e. The van der Waals surface area contributed by atoms with E-state index in [1.54, 1.807) is 12.3 Å². The number of halogens is 3. The van der Waals surface area contributed by atoms with Gasteiger partial charge in [0.15, 0.2) is 11.6 Å². The lowest BCUT2D eigenvalue weighted by atomic mass is 10.0. The average Bonchev–Trinajstić information content (AvgIpc) is 3.21. The van der Waals surface area contributed by atoms with Crippen molar-refractivity contribution in [2.75, 3.05) is 5.32 Å². The molecule has 3 aromatic rings. The van der Waals surface area contributed by atoms with Gasteiger partial charge in [0.05, 0.1) is 29.0 Å².